The van der Waals surface area contributed by atoms with Gasteiger partial charge in [0.05, 0.1) is 6.54 Å². The summed E-state index contributed by atoms with van der Waals surface area (Å²) < 4.78 is 0. The number of nitrogens with one attached hydrogen (secondary N) is 2. The molecule has 0 amide bonds. The lowest BCUT2D eigenvalue weighted by Gasteiger charge is -2.29. The summed E-state index contributed by atoms with van der Waals surface area (Å²) in [7, 11) is 0. The monoisotopic (exact) mass is 398 g/mol. The number of nitrogens with zero attached hydrogens (tertiary/aromatic N) is 1. The number of ketones is 1. The molecule has 2 aromatic rings. The van der Waals surface area contributed by atoms with Crippen LogP contribution in [-0.2, 0) is 6.54 Å². The third kappa shape index (κ3) is 6.17. The van der Waals surface area contributed by atoms with Crippen LogP contribution in [0.2, 0.25) is 0 Å². The molecule has 28 heavy (non-hydrogen) atoms. The van der Waals surface area contributed by atoms with E-state index in [2.05, 4.69) is 22.1 Å². The number of rotatable bonds is 7. The van der Waals surface area contributed by atoms with Gasteiger partial charge in [-0.05, 0) is 68.1 Å². The highest BCUT2D eigenvalue weighted by molar-refractivity contribution is 7.09. The highest BCUT2D eigenvalue weighted by atomic mass is 32.1. The summed E-state index contributed by atoms with van der Waals surface area (Å²) in [6.07, 6.45) is 4.93. The van der Waals surface area contributed by atoms with E-state index >= 15 is 0 Å². The van der Waals surface area contributed by atoms with Gasteiger partial charge in [-0.1, -0.05) is 24.6 Å². The molecule has 4 N–H and O–H groups in total. The summed E-state index contributed by atoms with van der Waals surface area (Å²) in [4.78, 5) is 17.6. The largest absolute Gasteiger partial charge is 0.356 e. The number of aliphatic imine (C=N–C) groups is 1. The first kappa shape index (κ1) is 20.6. The van der Waals surface area contributed by atoms with Crippen molar-refractivity contribution in [2.24, 2.45) is 22.6 Å². The lowest BCUT2D eigenvalue weighted by atomic mass is 9.81. The minimum Gasteiger partial charge on any atom is -0.356 e. The van der Waals surface area contributed by atoms with Gasteiger partial charge < -0.3 is 16.4 Å². The molecule has 0 aliphatic heterocycles. The summed E-state index contributed by atoms with van der Waals surface area (Å²) in [5, 5.41) is 8.95. The Hall–Kier alpha value is -2.18. The Kier molecular flexibility index (Phi) is 7.62. The molecule has 1 fully saturated rings. The van der Waals surface area contributed by atoms with Gasteiger partial charge in [0.25, 0.3) is 0 Å². The van der Waals surface area contributed by atoms with Crippen molar-refractivity contribution >= 4 is 28.8 Å². The number of carbonyl (C=O) groups excluding carboxylic acids is 1. The third-order valence-electron chi connectivity index (χ3n) is 5.29. The van der Waals surface area contributed by atoms with Crippen molar-refractivity contribution in [2.45, 2.75) is 39.2 Å². The highest BCUT2D eigenvalue weighted by Crippen LogP contribution is 2.27. The zero-order valence-electron chi connectivity index (χ0n) is 16.5. The van der Waals surface area contributed by atoms with Crippen molar-refractivity contribution in [1.29, 1.82) is 0 Å². The molecule has 2 unspecified atom stereocenters. The Morgan fingerprint density at radius 2 is 2.11 bits per heavy atom. The molecular weight excluding hydrogens is 368 g/mol. The van der Waals surface area contributed by atoms with Gasteiger partial charge in [-0.25, -0.2) is 4.99 Å². The molecule has 0 bridgehead atoms. The molecule has 5 nitrogen and oxygen atoms in total. The van der Waals surface area contributed by atoms with Crippen LogP contribution < -0.4 is 16.4 Å². The number of carbonyl (C=O) groups is 1. The van der Waals surface area contributed by atoms with Gasteiger partial charge in [0.2, 0.25) is 0 Å². The smallest absolute Gasteiger partial charge is 0.196 e. The average Bonchev–Trinajstić information content (AvgIpc) is 3.24. The van der Waals surface area contributed by atoms with Crippen molar-refractivity contribution in [3.05, 3.63) is 52.2 Å². The van der Waals surface area contributed by atoms with E-state index < -0.39 is 0 Å². The first-order chi connectivity index (χ1) is 13.6. The SMILES string of the molecule is CC(=O)c1cccc(NC(=NCc2cccs2)NCC2CCCC(CN)C2)c1. The molecule has 1 heterocycles. The van der Waals surface area contributed by atoms with Crippen LogP contribution in [0.1, 0.15) is 47.8 Å². The summed E-state index contributed by atoms with van der Waals surface area (Å²) in [5.41, 5.74) is 7.45. The van der Waals surface area contributed by atoms with Crippen LogP contribution in [0.5, 0.6) is 0 Å². The normalized spacial score (nSPS) is 20.0. The number of thiophene rings is 1. The van der Waals surface area contributed by atoms with E-state index in [-0.39, 0.29) is 5.78 Å². The maximum atomic E-state index is 11.7. The van der Waals surface area contributed by atoms with E-state index in [1.54, 1.807) is 18.3 Å². The summed E-state index contributed by atoms with van der Waals surface area (Å²) in [6.45, 7) is 3.89. The standard InChI is InChI=1S/C22H30N4OS/c1-16(27)19-7-3-8-20(12-19)26-22(25-15-21-9-4-10-28-21)24-14-18-6-2-5-17(11-18)13-23/h3-4,7-10,12,17-18H,2,5-6,11,13-15,23H2,1H3,(H2,24,25,26). The van der Waals surface area contributed by atoms with Crippen LogP contribution in [0, 0.1) is 11.8 Å². The molecule has 2 atom stereocenters. The molecule has 1 aromatic heterocycles. The third-order valence-corrected chi connectivity index (χ3v) is 6.15. The lowest BCUT2D eigenvalue weighted by Crippen LogP contribution is -2.37. The summed E-state index contributed by atoms with van der Waals surface area (Å²) >= 11 is 1.71. The quantitative estimate of drug-likeness (QED) is 0.370. The predicted molar refractivity (Wildman–Crippen MR) is 118 cm³/mol. The van der Waals surface area contributed by atoms with Crippen LogP contribution in [-0.4, -0.2) is 24.8 Å². The van der Waals surface area contributed by atoms with Gasteiger partial charge in [-0.3, -0.25) is 4.79 Å². The van der Waals surface area contributed by atoms with Gasteiger partial charge in [0.1, 0.15) is 0 Å². The molecular formula is C22H30N4OS. The van der Waals surface area contributed by atoms with Crippen molar-refractivity contribution in [2.75, 3.05) is 18.4 Å². The molecule has 0 spiro atoms. The van der Waals surface area contributed by atoms with E-state index in [9.17, 15) is 4.79 Å². The topological polar surface area (TPSA) is 79.5 Å². The second-order valence-corrected chi connectivity index (χ2v) is 8.55. The Morgan fingerprint density at radius 3 is 2.86 bits per heavy atom. The van der Waals surface area contributed by atoms with Gasteiger partial charge in [-0.15, -0.1) is 11.3 Å². The fourth-order valence-electron chi connectivity index (χ4n) is 3.69. The Bertz CT molecular complexity index is 788. The van der Waals surface area contributed by atoms with Crippen LogP contribution in [0.25, 0.3) is 0 Å². The van der Waals surface area contributed by atoms with E-state index in [0.717, 1.165) is 24.7 Å². The van der Waals surface area contributed by atoms with Crippen LogP contribution in [0.15, 0.2) is 46.8 Å². The van der Waals surface area contributed by atoms with Crippen molar-refractivity contribution < 1.29 is 4.79 Å². The Balaban J connectivity index is 1.67. The average molecular weight is 399 g/mol. The van der Waals surface area contributed by atoms with E-state index in [1.807, 2.05) is 30.3 Å². The first-order valence-electron chi connectivity index (χ1n) is 10.0. The van der Waals surface area contributed by atoms with E-state index in [1.165, 1.54) is 30.6 Å². The van der Waals surface area contributed by atoms with Crippen molar-refractivity contribution in [1.82, 2.24) is 5.32 Å². The van der Waals surface area contributed by atoms with E-state index in [4.69, 9.17) is 10.7 Å². The number of Topliss-reactive ketones (excluding diaryl/α,β-unsaturated/α-hetero) is 1. The van der Waals surface area contributed by atoms with Gasteiger partial charge >= 0.3 is 0 Å². The fraction of sp³-hybridized carbons (Fsp3) is 0.455. The first-order valence-corrected chi connectivity index (χ1v) is 10.9. The molecule has 0 saturated heterocycles. The minimum atomic E-state index is 0.0590. The van der Waals surface area contributed by atoms with Crippen LogP contribution in [0.3, 0.4) is 0 Å². The number of hydrogen-bond acceptors (Lipinski definition) is 4. The minimum absolute atomic E-state index is 0.0590. The zero-order valence-corrected chi connectivity index (χ0v) is 17.3. The van der Waals surface area contributed by atoms with E-state index in [0.29, 0.717) is 23.9 Å². The number of anilines is 1. The molecule has 150 valence electrons. The van der Waals surface area contributed by atoms with Crippen molar-refractivity contribution in [3.63, 3.8) is 0 Å². The summed E-state index contributed by atoms with van der Waals surface area (Å²) in [5.74, 6) is 2.08. The Labute approximate surface area is 171 Å². The number of guanidine groups is 1. The molecule has 1 aliphatic rings. The highest BCUT2D eigenvalue weighted by Gasteiger charge is 2.21. The van der Waals surface area contributed by atoms with Crippen LogP contribution in [0.4, 0.5) is 5.69 Å². The molecule has 6 heteroatoms. The van der Waals surface area contributed by atoms with Crippen LogP contribution >= 0.6 is 11.3 Å². The van der Waals surface area contributed by atoms with Gasteiger partial charge in [0, 0.05) is 22.7 Å². The number of benzene rings is 1. The molecule has 1 aromatic carbocycles. The van der Waals surface area contributed by atoms with Crippen molar-refractivity contribution in [3.8, 4) is 0 Å². The predicted octanol–water partition coefficient (Wildman–Crippen LogP) is 4.27. The summed E-state index contributed by atoms with van der Waals surface area (Å²) in [6, 6.07) is 11.7. The number of nitrogens with two attached hydrogens (primary N) is 1. The second-order valence-electron chi connectivity index (χ2n) is 7.52. The Morgan fingerprint density at radius 1 is 1.25 bits per heavy atom. The lowest BCUT2D eigenvalue weighted by molar-refractivity contribution is 0.101. The van der Waals surface area contributed by atoms with Gasteiger partial charge in [-0.2, -0.15) is 0 Å². The van der Waals surface area contributed by atoms with Gasteiger partial charge in [0.15, 0.2) is 11.7 Å². The fourth-order valence-corrected chi connectivity index (χ4v) is 4.32. The zero-order chi connectivity index (χ0) is 19.8. The molecule has 1 aliphatic carbocycles. The molecule has 1 saturated carbocycles. The molecule has 0 radical (unpaired) electrons. The number of hydrogen-bond donors (Lipinski definition) is 3. The molecule has 3 rings (SSSR count). The maximum absolute atomic E-state index is 11.7. The maximum Gasteiger partial charge on any atom is 0.196 e. The second kappa shape index (κ2) is 10.4.